The lowest BCUT2D eigenvalue weighted by Gasteiger charge is -2.05. The lowest BCUT2D eigenvalue weighted by atomic mass is 10.1. The Morgan fingerprint density at radius 1 is 1.04 bits per heavy atom. The molecule has 2 heterocycles. The number of aromatic nitrogens is 4. The van der Waals surface area contributed by atoms with Crippen molar-refractivity contribution < 1.29 is 9.26 Å². The van der Waals surface area contributed by atoms with Gasteiger partial charge in [0.15, 0.2) is 6.61 Å². The van der Waals surface area contributed by atoms with Crippen LogP contribution in [-0.4, -0.2) is 19.9 Å². The molecule has 0 N–H and O–H groups in total. The third-order valence-electron chi connectivity index (χ3n) is 4.15. The first-order valence-corrected chi connectivity index (χ1v) is 8.30. The third kappa shape index (κ3) is 3.21. The minimum absolute atomic E-state index is 0.235. The zero-order chi connectivity index (χ0) is 17.9. The normalized spacial score (nSPS) is 10.8. The molecule has 0 bridgehead atoms. The monoisotopic (exact) mass is 346 g/mol. The van der Waals surface area contributed by atoms with Crippen molar-refractivity contribution in [2.75, 3.05) is 0 Å². The van der Waals surface area contributed by atoms with Crippen molar-refractivity contribution in [1.29, 1.82) is 0 Å². The van der Waals surface area contributed by atoms with Gasteiger partial charge in [-0.3, -0.25) is 4.68 Å². The highest BCUT2D eigenvalue weighted by Crippen LogP contribution is 2.24. The van der Waals surface area contributed by atoms with Crippen LogP contribution in [0.3, 0.4) is 0 Å². The van der Waals surface area contributed by atoms with Crippen molar-refractivity contribution in [3.8, 4) is 28.4 Å². The highest BCUT2D eigenvalue weighted by molar-refractivity contribution is 5.67. The van der Waals surface area contributed by atoms with E-state index in [1.54, 1.807) is 6.20 Å². The average molecular weight is 346 g/mol. The van der Waals surface area contributed by atoms with Gasteiger partial charge in [0.25, 0.3) is 5.89 Å². The van der Waals surface area contributed by atoms with Crippen LogP contribution in [0.5, 0.6) is 5.75 Å². The smallest absolute Gasteiger partial charge is 0.264 e. The predicted molar refractivity (Wildman–Crippen MR) is 97.4 cm³/mol. The van der Waals surface area contributed by atoms with Crippen LogP contribution in [-0.2, 0) is 13.7 Å². The predicted octanol–water partition coefficient (Wildman–Crippen LogP) is 4.02. The van der Waals surface area contributed by atoms with Crippen LogP contribution >= 0.6 is 0 Å². The van der Waals surface area contributed by atoms with Crippen LogP contribution < -0.4 is 4.74 Å². The summed E-state index contributed by atoms with van der Waals surface area (Å²) in [6.07, 6.45) is 1.78. The minimum atomic E-state index is 0.235. The standard InChI is InChI=1S/C20H18N4O2/c1-14-6-3-4-9-18(14)25-13-19-22-20(23-26-19)16-8-5-7-15(12-16)17-10-11-21-24(17)2/h3-12H,13H2,1-2H3. The van der Waals surface area contributed by atoms with Crippen LogP contribution in [0.2, 0.25) is 0 Å². The van der Waals surface area contributed by atoms with E-state index in [-0.39, 0.29) is 6.61 Å². The molecule has 0 radical (unpaired) electrons. The molecule has 0 amide bonds. The van der Waals surface area contributed by atoms with Gasteiger partial charge in [0.2, 0.25) is 5.82 Å². The van der Waals surface area contributed by atoms with Crippen LogP contribution in [0, 0.1) is 6.92 Å². The van der Waals surface area contributed by atoms with Gasteiger partial charge in [0.1, 0.15) is 5.75 Å². The van der Waals surface area contributed by atoms with Gasteiger partial charge in [0, 0.05) is 24.4 Å². The van der Waals surface area contributed by atoms with Crippen LogP contribution in [0.4, 0.5) is 0 Å². The Morgan fingerprint density at radius 3 is 2.69 bits per heavy atom. The first kappa shape index (κ1) is 16.1. The summed E-state index contributed by atoms with van der Waals surface area (Å²) in [4.78, 5) is 4.44. The van der Waals surface area contributed by atoms with E-state index < -0.39 is 0 Å². The van der Waals surface area contributed by atoms with Crippen LogP contribution in [0.25, 0.3) is 22.6 Å². The molecule has 2 aromatic carbocycles. The minimum Gasteiger partial charge on any atom is -0.483 e. The summed E-state index contributed by atoms with van der Waals surface area (Å²) in [6, 6.07) is 17.8. The summed E-state index contributed by atoms with van der Waals surface area (Å²) in [5.41, 5.74) is 4.02. The molecular formula is C20H18N4O2. The van der Waals surface area contributed by atoms with Gasteiger partial charge in [-0.05, 0) is 30.7 Å². The summed E-state index contributed by atoms with van der Waals surface area (Å²) in [7, 11) is 1.91. The zero-order valence-electron chi connectivity index (χ0n) is 14.6. The number of rotatable bonds is 5. The molecular weight excluding hydrogens is 328 g/mol. The molecule has 2 aromatic heterocycles. The van der Waals surface area contributed by atoms with Gasteiger partial charge in [0.05, 0.1) is 5.69 Å². The van der Waals surface area contributed by atoms with E-state index in [0.29, 0.717) is 11.7 Å². The first-order valence-electron chi connectivity index (χ1n) is 8.30. The van der Waals surface area contributed by atoms with E-state index >= 15 is 0 Å². The summed E-state index contributed by atoms with van der Waals surface area (Å²) >= 11 is 0. The zero-order valence-corrected chi connectivity index (χ0v) is 14.6. The van der Waals surface area contributed by atoms with Crippen molar-refractivity contribution >= 4 is 0 Å². The number of nitrogens with zero attached hydrogens (tertiary/aromatic N) is 4. The van der Waals surface area contributed by atoms with Crippen molar-refractivity contribution in [1.82, 2.24) is 19.9 Å². The molecule has 130 valence electrons. The number of benzene rings is 2. The van der Waals surface area contributed by atoms with E-state index in [1.807, 2.05) is 73.3 Å². The second-order valence-electron chi connectivity index (χ2n) is 5.99. The molecule has 6 nitrogen and oxygen atoms in total. The maximum absolute atomic E-state index is 5.76. The van der Waals surface area contributed by atoms with Gasteiger partial charge >= 0.3 is 0 Å². The molecule has 0 aliphatic carbocycles. The Labute approximate surface area is 151 Å². The Hall–Kier alpha value is -3.41. The number of para-hydroxylation sites is 1. The fraction of sp³-hybridized carbons (Fsp3) is 0.150. The summed E-state index contributed by atoms with van der Waals surface area (Å²) < 4.78 is 12.9. The summed E-state index contributed by atoms with van der Waals surface area (Å²) in [5.74, 6) is 1.79. The molecule has 4 aromatic rings. The molecule has 0 saturated heterocycles. The lowest BCUT2D eigenvalue weighted by molar-refractivity contribution is 0.242. The van der Waals surface area contributed by atoms with Crippen LogP contribution in [0.15, 0.2) is 65.3 Å². The quantitative estimate of drug-likeness (QED) is 0.546. The number of aryl methyl sites for hydroxylation is 2. The topological polar surface area (TPSA) is 66.0 Å². The van der Waals surface area contributed by atoms with Gasteiger partial charge in [-0.25, -0.2) is 0 Å². The molecule has 6 heteroatoms. The lowest BCUT2D eigenvalue weighted by Crippen LogP contribution is -1.97. The second-order valence-corrected chi connectivity index (χ2v) is 5.99. The molecule has 0 aliphatic heterocycles. The molecule has 0 atom stereocenters. The maximum atomic E-state index is 5.76. The number of hydrogen-bond donors (Lipinski definition) is 0. The first-order chi connectivity index (χ1) is 12.7. The maximum Gasteiger partial charge on any atom is 0.264 e. The molecule has 26 heavy (non-hydrogen) atoms. The van der Waals surface area contributed by atoms with E-state index in [1.165, 1.54) is 0 Å². The fourth-order valence-corrected chi connectivity index (χ4v) is 2.76. The third-order valence-corrected chi connectivity index (χ3v) is 4.15. The molecule has 0 saturated carbocycles. The van der Waals surface area contributed by atoms with Gasteiger partial charge in [-0.1, -0.05) is 41.6 Å². The Balaban J connectivity index is 1.53. The largest absolute Gasteiger partial charge is 0.483 e. The van der Waals surface area contributed by atoms with Crippen LogP contribution in [0.1, 0.15) is 11.5 Å². The Kier molecular flexibility index (Phi) is 4.23. The molecule has 4 rings (SSSR count). The number of ether oxygens (including phenoxy) is 1. The van der Waals surface area contributed by atoms with Crippen molar-refractivity contribution in [2.24, 2.45) is 7.05 Å². The molecule has 0 unspecified atom stereocenters. The highest BCUT2D eigenvalue weighted by Gasteiger charge is 2.11. The number of hydrogen-bond acceptors (Lipinski definition) is 5. The summed E-state index contributed by atoms with van der Waals surface area (Å²) in [5, 5.41) is 8.29. The van der Waals surface area contributed by atoms with E-state index in [2.05, 4.69) is 15.2 Å². The van der Waals surface area contributed by atoms with E-state index in [9.17, 15) is 0 Å². The van der Waals surface area contributed by atoms with Crippen molar-refractivity contribution in [3.05, 3.63) is 72.2 Å². The average Bonchev–Trinajstić information content (AvgIpc) is 3.30. The SMILES string of the molecule is Cc1ccccc1OCc1nc(-c2cccc(-c3ccnn3C)c2)no1. The molecule has 0 aliphatic rings. The van der Waals surface area contributed by atoms with E-state index in [0.717, 1.165) is 28.1 Å². The van der Waals surface area contributed by atoms with Crippen molar-refractivity contribution in [2.45, 2.75) is 13.5 Å². The molecule has 0 fully saturated rings. The van der Waals surface area contributed by atoms with Gasteiger partial charge in [-0.2, -0.15) is 10.1 Å². The van der Waals surface area contributed by atoms with Crippen molar-refractivity contribution in [3.63, 3.8) is 0 Å². The van der Waals surface area contributed by atoms with E-state index in [4.69, 9.17) is 9.26 Å². The fourth-order valence-electron chi connectivity index (χ4n) is 2.76. The second kappa shape index (κ2) is 6.84. The molecule has 0 spiro atoms. The Morgan fingerprint density at radius 2 is 1.88 bits per heavy atom. The van der Waals surface area contributed by atoms with Gasteiger partial charge < -0.3 is 9.26 Å². The summed E-state index contributed by atoms with van der Waals surface area (Å²) in [6.45, 7) is 2.23. The highest BCUT2D eigenvalue weighted by atomic mass is 16.5. The van der Waals surface area contributed by atoms with Gasteiger partial charge in [-0.15, -0.1) is 0 Å². The Bertz CT molecular complexity index is 1040.